The van der Waals surface area contributed by atoms with Gasteiger partial charge in [-0.1, -0.05) is 22.9 Å². The number of aliphatic hydroxyl groups excluding tert-OH is 1. The number of carbonyl (C=O) groups is 1. The average Bonchev–Trinajstić information content (AvgIpc) is 3.22. The van der Waals surface area contributed by atoms with E-state index < -0.39 is 12.1 Å². The van der Waals surface area contributed by atoms with E-state index >= 15 is 0 Å². The van der Waals surface area contributed by atoms with Crippen molar-refractivity contribution < 1.29 is 28.2 Å². The molecule has 8 nitrogen and oxygen atoms in total. The van der Waals surface area contributed by atoms with Crippen molar-refractivity contribution in [3.05, 3.63) is 52.9 Å². The first-order valence-corrected chi connectivity index (χ1v) is 10.6. The number of piperidine rings is 1. The molecule has 3 heterocycles. The molecule has 0 amide bonds. The number of rotatable bonds is 5. The zero-order chi connectivity index (χ0) is 24.0. The van der Waals surface area contributed by atoms with E-state index in [1.807, 2.05) is 29.1 Å². The lowest BCUT2D eigenvalue weighted by atomic mass is 9.96. The molecule has 1 saturated heterocycles. The number of alkyl halides is 3. The lowest BCUT2D eigenvalue weighted by Gasteiger charge is -2.31. The normalized spacial score (nSPS) is 15.3. The second-order valence-electron chi connectivity index (χ2n) is 7.75. The van der Waals surface area contributed by atoms with Crippen molar-refractivity contribution in [3.63, 3.8) is 0 Å². The standard InChI is InChI=1S/C19H22ClN5O.C2HF3O2/c20-16-2-4-19-15(9-16)1-3-17(21-19)11-24-7-5-14(6-8-24)10-25-12-18(13-26)22-23-25;3-2(4,5)1(6)7/h1-4,9,12,14,26H,5-8,10-11,13H2;(H,6,7). The van der Waals surface area contributed by atoms with Crippen LogP contribution in [-0.2, 0) is 24.5 Å². The van der Waals surface area contributed by atoms with Gasteiger partial charge in [-0.15, -0.1) is 5.10 Å². The molecule has 0 spiro atoms. The zero-order valence-electron chi connectivity index (χ0n) is 17.5. The van der Waals surface area contributed by atoms with E-state index in [-0.39, 0.29) is 6.61 Å². The minimum absolute atomic E-state index is 0.0522. The summed E-state index contributed by atoms with van der Waals surface area (Å²) < 4.78 is 33.6. The lowest BCUT2D eigenvalue weighted by Crippen LogP contribution is -2.34. The van der Waals surface area contributed by atoms with Gasteiger partial charge in [0.25, 0.3) is 0 Å². The van der Waals surface area contributed by atoms with E-state index in [4.69, 9.17) is 31.6 Å². The monoisotopic (exact) mass is 485 g/mol. The van der Waals surface area contributed by atoms with Crippen LogP contribution < -0.4 is 0 Å². The third kappa shape index (κ3) is 7.37. The summed E-state index contributed by atoms with van der Waals surface area (Å²) in [6.07, 6.45) is -0.980. The van der Waals surface area contributed by atoms with Gasteiger partial charge in [0.1, 0.15) is 5.69 Å². The Labute approximate surface area is 192 Å². The van der Waals surface area contributed by atoms with E-state index in [9.17, 15) is 13.2 Å². The van der Waals surface area contributed by atoms with Crippen LogP contribution in [-0.4, -0.2) is 60.3 Å². The van der Waals surface area contributed by atoms with Crippen LogP contribution >= 0.6 is 11.6 Å². The molecule has 178 valence electrons. The van der Waals surface area contributed by atoms with E-state index in [1.54, 1.807) is 0 Å². The predicted molar refractivity (Wildman–Crippen MR) is 114 cm³/mol. The van der Waals surface area contributed by atoms with Gasteiger partial charge >= 0.3 is 12.1 Å². The highest BCUT2D eigenvalue weighted by Gasteiger charge is 2.38. The number of nitrogens with zero attached hydrogens (tertiary/aromatic N) is 5. The average molecular weight is 486 g/mol. The maximum Gasteiger partial charge on any atom is 0.490 e. The van der Waals surface area contributed by atoms with Crippen LogP contribution in [0, 0.1) is 5.92 Å². The molecule has 2 N–H and O–H groups in total. The summed E-state index contributed by atoms with van der Waals surface area (Å²) in [6.45, 7) is 3.82. The fourth-order valence-electron chi connectivity index (χ4n) is 3.55. The Hall–Kier alpha value is -2.76. The highest BCUT2D eigenvalue weighted by atomic mass is 35.5. The molecule has 0 radical (unpaired) electrons. The van der Waals surface area contributed by atoms with Crippen molar-refractivity contribution in [2.75, 3.05) is 13.1 Å². The Balaban J connectivity index is 0.000000383. The number of hydrogen-bond donors (Lipinski definition) is 2. The first-order chi connectivity index (χ1) is 15.6. The maximum atomic E-state index is 10.6. The Morgan fingerprint density at radius 2 is 1.85 bits per heavy atom. The van der Waals surface area contributed by atoms with Gasteiger partial charge in [-0.25, -0.2) is 4.79 Å². The zero-order valence-corrected chi connectivity index (χ0v) is 18.3. The topological polar surface area (TPSA) is 104 Å². The number of hydrogen-bond acceptors (Lipinski definition) is 6. The molecule has 0 bridgehead atoms. The van der Waals surface area contributed by atoms with Crippen LogP contribution in [0.3, 0.4) is 0 Å². The predicted octanol–water partition coefficient (Wildman–Crippen LogP) is 3.52. The number of carboxylic acids is 1. The molecule has 0 unspecified atom stereocenters. The molecular weight excluding hydrogens is 463 g/mol. The van der Waals surface area contributed by atoms with Gasteiger partial charge in [0.15, 0.2) is 0 Å². The number of carboxylic acid groups (broad SMARTS) is 1. The number of benzene rings is 1. The van der Waals surface area contributed by atoms with Crippen LogP contribution in [0.2, 0.25) is 5.02 Å². The number of aliphatic carboxylic acids is 1. The molecule has 1 fully saturated rings. The van der Waals surface area contributed by atoms with Gasteiger partial charge in [0, 0.05) is 23.5 Å². The highest BCUT2D eigenvalue weighted by molar-refractivity contribution is 6.31. The molecule has 1 aromatic carbocycles. The van der Waals surface area contributed by atoms with E-state index in [2.05, 4.69) is 27.3 Å². The molecule has 1 aliphatic rings. The second-order valence-corrected chi connectivity index (χ2v) is 8.19. The van der Waals surface area contributed by atoms with E-state index in [0.717, 1.165) is 60.6 Å². The van der Waals surface area contributed by atoms with Gasteiger partial charge in [-0.3, -0.25) is 14.6 Å². The van der Waals surface area contributed by atoms with Crippen molar-refractivity contribution >= 4 is 28.5 Å². The third-order valence-corrected chi connectivity index (χ3v) is 5.47. The van der Waals surface area contributed by atoms with Gasteiger partial charge in [-0.2, -0.15) is 13.2 Å². The molecule has 0 aliphatic carbocycles. The summed E-state index contributed by atoms with van der Waals surface area (Å²) in [6, 6.07) is 10.0. The van der Waals surface area contributed by atoms with Crippen molar-refractivity contribution in [2.45, 2.75) is 38.7 Å². The minimum Gasteiger partial charge on any atom is -0.475 e. The smallest absolute Gasteiger partial charge is 0.475 e. The van der Waals surface area contributed by atoms with Crippen molar-refractivity contribution in [1.29, 1.82) is 0 Å². The summed E-state index contributed by atoms with van der Waals surface area (Å²) in [7, 11) is 0. The molecule has 4 rings (SSSR count). The van der Waals surface area contributed by atoms with Crippen LogP contribution in [0.1, 0.15) is 24.2 Å². The van der Waals surface area contributed by atoms with Crippen LogP contribution in [0.5, 0.6) is 0 Å². The maximum absolute atomic E-state index is 10.6. The van der Waals surface area contributed by atoms with Crippen LogP contribution in [0.25, 0.3) is 10.9 Å². The third-order valence-electron chi connectivity index (χ3n) is 5.24. The summed E-state index contributed by atoms with van der Waals surface area (Å²) in [5, 5.41) is 26.0. The minimum atomic E-state index is -5.08. The highest BCUT2D eigenvalue weighted by Crippen LogP contribution is 2.22. The van der Waals surface area contributed by atoms with Gasteiger partial charge in [0.05, 0.1) is 24.0 Å². The van der Waals surface area contributed by atoms with Crippen LogP contribution in [0.15, 0.2) is 36.5 Å². The molecule has 1 aliphatic heterocycles. The quantitative estimate of drug-likeness (QED) is 0.569. The molecule has 12 heteroatoms. The fourth-order valence-corrected chi connectivity index (χ4v) is 3.73. The number of pyridine rings is 1. The number of aliphatic hydroxyl groups is 1. The summed E-state index contributed by atoms with van der Waals surface area (Å²) in [4.78, 5) is 16.1. The summed E-state index contributed by atoms with van der Waals surface area (Å²) in [5.41, 5.74) is 2.72. The Morgan fingerprint density at radius 3 is 2.45 bits per heavy atom. The fraction of sp³-hybridized carbons (Fsp3) is 0.429. The number of aromatic nitrogens is 4. The van der Waals surface area contributed by atoms with Gasteiger partial charge < -0.3 is 10.2 Å². The number of halogens is 4. The first kappa shape index (κ1) is 24.9. The van der Waals surface area contributed by atoms with Crippen LogP contribution in [0.4, 0.5) is 13.2 Å². The molecule has 2 aromatic heterocycles. The molecule has 33 heavy (non-hydrogen) atoms. The molecule has 0 atom stereocenters. The van der Waals surface area contributed by atoms with E-state index in [0.29, 0.717) is 11.6 Å². The molecular formula is C21H23ClF3N5O3. The lowest BCUT2D eigenvalue weighted by molar-refractivity contribution is -0.192. The summed E-state index contributed by atoms with van der Waals surface area (Å²) in [5.74, 6) is -2.15. The van der Waals surface area contributed by atoms with Gasteiger partial charge in [-0.05, 0) is 56.1 Å². The first-order valence-electron chi connectivity index (χ1n) is 10.2. The molecule has 0 saturated carbocycles. The number of likely N-dealkylation sites (tertiary alicyclic amines) is 1. The molecule has 3 aromatic rings. The Morgan fingerprint density at radius 1 is 1.15 bits per heavy atom. The SMILES string of the molecule is O=C(O)C(F)(F)F.OCc1cn(CC2CCN(Cc3ccc4cc(Cl)ccc4n3)CC2)nn1. The Kier molecular flexibility index (Phi) is 8.22. The number of fused-ring (bicyclic) bond motifs is 1. The second kappa shape index (κ2) is 10.9. The van der Waals surface area contributed by atoms with E-state index in [1.165, 1.54) is 0 Å². The largest absolute Gasteiger partial charge is 0.490 e. The van der Waals surface area contributed by atoms with Crippen molar-refractivity contribution in [1.82, 2.24) is 24.9 Å². The van der Waals surface area contributed by atoms with Crippen molar-refractivity contribution in [2.24, 2.45) is 5.92 Å². The van der Waals surface area contributed by atoms with Gasteiger partial charge in [0.2, 0.25) is 0 Å². The summed E-state index contributed by atoms with van der Waals surface area (Å²) >= 11 is 6.04. The van der Waals surface area contributed by atoms with Crippen molar-refractivity contribution in [3.8, 4) is 0 Å². The Bertz CT molecular complexity index is 1080.